The van der Waals surface area contributed by atoms with E-state index in [0.717, 1.165) is 23.9 Å². The molecule has 1 amide bonds. The molecule has 6 N–H and O–H groups in total. The summed E-state index contributed by atoms with van der Waals surface area (Å²) in [5.41, 5.74) is 9.53. The van der Waals surface area contributed by atoms with Gasteiger partial charge in [0.15, 0.2) is 0 Å². The average Bonchev–Trinajstić information content (AvgIpc) is 2.98. The van der Waals surface area contributed by atoms with Crippen LogP contribution in [0.2, 0.25) is 0 Å². The smallest absolute Gasteiger partial charge is 0.328 e. The van der Waals surface area contributed by atoms with Gasteiger partial charge in [-0.05, 0) is 43.1 Å². The van der Waals surface area contributed by atoms with E-state index in [0.29, 0.717) is 23.8 Å². The van der Waals surface area contributed by atoms with Crippen LogP contribution in [0.1, 0.15) is 21.5 Å². The van der Waals surface area contributed by atoms with Crippen LogP contribution < -0.4 is 11.1 Å². The predicted octanol–water partition coefficient (Wildman–Crippen LogP) is 0.665. The maximum atomic E-state index is 11.5. The molecule has 25 heavy (non-hydrogen) atoms. The number of aromatic amines is 1. The number of hydrogen-bond donors (Lipinski definition) is 5. The van der Waals surface area contributed by atoms with Gasteiger partial charge in [0.2, 0.25) is 5.91 Å². The fraction of sp³-hybridized carbons (Fsp3) is 0.235. The summed E-state index contributed by atoms with van der Waals surface area (Å²) in [6.45, 7) is 0. The van der Waals surface area contributed by atoms with Gasteiger partial charge in [-0.3, -0.25) is 4.79 Å². The highest BCUT2D eigenvalue weighted by atomic mass is 16.4. The number of aromatic nitrogens is 1. The minimum Gasteiger partial charge on any atom is -0.478 e. The number of nitrogens with two attached hydrogens (primary N) is 1. The van der Waals surface area contributed by atoms with E-state index >= 15 is 0 Å². The Morgan fingerprint density at radius 3 is 2.36 bits per heavy atom. The Balaban J connectivity index is 0.000000242. The Kier molecular flexibility index (Phi) is 5.56. The second-order valence-electron chi connectivity index (χ2n) is 5.60. The first-order valence-electron chi connectivity index (χ1n) is 7.56. The third kappa shape index (κ3) is 4.24. The molecule has 0 saturated carbocycles. The lowest BCUT2D eigenvalue weighted by Crippen LogP contribution is -2.33. The monoisotopic (exact) mass is 345 g/mol. The van der Waals surface area contributed by atoms with Gasteiger partial charge in [0.1, 0.15) is 0 Å². The van der Waals surface area contributed by atoms with E-state index < -0.39 is 11.9 Å². The summed E-state index contributed by atoms with van der Waals surface area (Å²) < 4.78 is 0. The van der Waals surface area contributed by atoms with Gasteiger partial charge in [-0.2, -0.15) is 0 Å². The summed E-state index contributed by atoms with van der Waals surface area (Å²) in [6, 6.07) is 4.13. The quantitative estimate of drug-likeness (QED) is 0.515. The predicted molar refractivity (Wildman–Crippen MR) is 91.5 cm³/mol. The van der Waals surface area contributed by atoms with Crippen LogP contribution in [0, 0.1) is 0 Å². The molecule has 1 atom stereocenters. The molecular weight excluding hydrogens is 326 g/mol. The van der Waals surface area contributed by atoms with Crippen molar-refractivity contribution >= 4 is 28.7 Å². The molecule has 8 nitrogen and oxygen atoms in total. The molecule has 1 heterocycles. The lowest BCUT2D eigenvalue weighted by Gasteiger charge is -2.23. The molecular formula is C17H19N3O5. The molecule has 132 valence electrons. The first-order valence-corrected chi connectivity index (χ1v) is 7.56. The number of nitrogens with one attached hydrogen (secondary N) is 2. The summed E-state index contributed by atoms with van der Waals surface area (Å²) in [4.78, 5) is 33.8. The lowest BCUT2D eigenvalue weighted by atomic mass is 9.86. The van der Waals surface area contributed by atoms with Crippen molar-refractivity contribution in [3.8, 4) is 0 Å². The molecule has 1 aliphatic carbocycles. The number of hydrogen-bond acceptors (Lipinski definition) is 4. The number of aliphatic carboxylic acids is 2. The molecule has 8 heteroatoms. The summed E-state index contributed by atoms with van der Waals surface area (Å²) in [5, 5.41) is 20.1. The number of carboxylic acid groups (broad SMARTS) is 2. The maximum absolute atomic E-state index is 11.5. The molecule has 0 fully saturated rings. The van der Waals surface area contributed by atoms with Gasteiger partial charge in [0.25, 0.3) is 0 Å². The molecule has 1 unspecified atom stereocenters. The Hall–Kier alpha value is -3.13. The molecule has 1 aromatic heterocycles. The van der Waals surface area contributed by atoms with E-state index in [4.69, 9.17) is 15.9 Å². The number of amides is 1. The molecule has 0 spiro atoms. The maximum Gasteiger partial charge on any atom is 0.328 e. The van der Waals surface area contributed by atoms with E-state index in [1.165, 1.54) is 10.9 Å². The van der Waals surface area contributed by atoms with Crippen LogP contribution in [-0.2, 0) is 22.4 Å². The van der Waals surface area contributed by atoms with Crippen molar-refractivity contribution in [2.45, 2.75) is 18.9 Å². The van der Waals surface area contributed by atoms with Crippen molar-refractivity contribution in [1.29, 1.82) is 0 Å². The van der Waals surface area contributed by atoms with Gasteiger partial charge < -0.3 is 26.2 Å². The highest BCUT2D eigenvalue weighted by molar-refractivity contribution is 6.01. The molecule has 0 radical (unpaired) electrons. The van der Waals surface area contributed by atoms with Crippen LogP contribution in [0.4, 0.5) is 0 Å². The Morgan fingerprint density at radius 2 is 1.84 bits per heavy atom. The zero-order valence-corrected chi connectivity index (χ0v) is 13.6. The van der Waals surface area contributed by atoms with E-state index in [2.05, 4.69) is 10.3 Å². The van der Waals surface area contributed by atoms with E-state index in [1.54, 1.807) is 0 Å². The average molecular weight is 345 g/mol. The Bertz CT molecular complexity index is 837. The highest BCUT2D eigenvalue weighted by Gasteiger charge is 2.24. The van der Waals surface area contributed by atoms with Crippen LogP contribution in [0.3, 0.4) is 0 Å². The van der Waals surface area contributed by atoms with Crippen LogP contribution >= 0.6 is 0 Å². The van der Waals surface area contributed by atoms with Crippen LogP contribution in [0.15, 0.2) is 30.5 Å². The number of carbonyl (C=O) groups excluding carboxylic acids is 1. The largest absolute Gasteiger partial charge is 0.478 e. The van der Waals surface area contributed by atoms with Crippen molar-refractivity contribution in [3.05, 3.63) is 47.2 Å². The first kappa shape index (κ1) is 18.2. The molecule has 2 aromatic rings. The van der Waals surface area contributed by atoms with Crippen LogP contribution in [0.5, 0.6) is 0 Å². The van der Waals surface area contributed by atoms with Gasteiger partial charge in [-0.15, -0.1) is 0 Å². The zero-order chi connectivity index (χ0) is 18.6. The van der Waals surface area contributed by atoms with Gasteiger partial charge in [0, 0.05) is 40.9 Å². The van der Waals surface area contributed by atoms with E-state index in [1.807, 2.05) is 25.4 Å². The summed E-state index contributed by atoms with van der Waals surface area (Å²) in [6.07, 6.45) is 5.00. The number of benzene rings is 1. The minimum atomic E-state index is -1.26. The summed E-state index contributed by atoms with van der Waals surface area (Å²) in [7, 11) is 1.95. The SMILES string of the molecule is CNC1Cc2c[nH]c3ccc(C(N)=O)c(c23)C1.O=C(O)/C=C\C(=O)O. The minimum absolute atomic E-state index is 0.342. The van der Waals surface area contributed by atoms with Crippen LogP contribution in [0.25, 0.3) is 10.9 Å². The third-order valence-electron chi connectivity index (χ3n) is 3.99. The molecule has 1 aromatic carbocycles. The number of H-pyrrole nitrogens is 1. The van der Waals surface area contributed by atoms with Gasteiger partial charge >= 0.3 is 11.9 Å². The summed E-state index contributed by atoms with van der Waals surface area (Å²) >= 11 is 0. The van der Waals surface area contributed by atoms with Crippen LogP contribution in [-0.4, -0.2) is 46.1 Å². The molecule has 3 rings (SSSR count). The first-order chi connectivity index (χ1) is 11.8. The second-order valence-corrected chi connectivity index (χ2v) is 5.60. The number of likely N-dealkylation sites (N-methyl/N-ethyl adjacent to an activating group) is 1. The topological polar surface area (TPSA) is 146 Å². The summed E-state index contributed by atoms with van der Waals surface area (Å²) in [5.74, 6) is -2.86. The normalized spacial score (nSPS) is 15.6. The van der Waals surface area contributed by atoms with Crippen molar-refractivity contribution in [3.63, 3.8) is 0 Å². The Labute approximate surface area is 143 Å². The van der Waals surface area contributed by atoms with Crippen molar-refractivity contribution in [2.75, 3.05) is 7.05 Å². The van der Waals surface area contributed by atoms with Crippen molar-refractivity contribution in [2.24, 2.45) is 5.73 Å². The fourth-order valence-electron chi connectivity index (χ4n) is 2.91. The van der Waals surface area contributed by atoms with E-state index in [-0.39, 0.29) is 5.91 Å². The number of rotatable bonds is 4. The van der Waals surface area contributed by atoms with Gasteiger partial charge in [-0.1, -0.05) is 0 Å². The second kappa shape index (κ2) is 7.63. The third-order valence-corrected chi connectivity index (χ3v) is 3.99. The van der Waals surface area contributed by atoms with Gasteiger partial charge in [0.05, 0.1) is 0 Å². The van der Waals surface area contributed by atoms with Crippen molar-refractivity contribution in [1.82, 2.24) is 10.3 Å². The van der Waals surface area contributed by atoms with Crippen molar-refractivity contribution < 1.29 is 24.6 Å². The Morgan fingerprint density at radius 1 is 1.20 bits per heavy atom. The number of carbonyl (C=O) groups is 3. The lowest BCUT2D eigenvalue weighted by molar-refractivity contribution is -0.134. The highest BCUT2D eigenvalue weighted by Crippen LogP contribution is 2.31. The standard InChI is InChI=1S/C13H15N3O.C4H4O4/c1-15-8-4-7-6-16-11-3-2-9(13(14)17)10(5-8)12(7)11;5-3(6)1-2-4(7)8/h2-3,6,8,15-16H,4-5H2,1H3,(H2,14,17);1-2H,(H,5,6)(H,7,8)/b;2-1-. The van der Waals surface area contributed by atoms with E-state index in [9.17, 15) is 14.4 Å². The molecule has 0 bridgehead atoms. The zero-order valence-electron chi connectivity index (χ0n) is 13.6. The molecule has 0 saturated heterocycles. The molecule has 0 aliphatic heterocycles. The number of primary amides is 1. The number of carboxylic acids is 2. The molecule has 1 aliphatic rings. The van der Waals surface area contributed by atoms with Gasteiger partial charge in [-0.25, -0.2) is 9.59 Å². The fourth-order valence-corrected chi connectivity index (χ4v) is 2.91.